The van der Waals surface area contributed by atoms with E-state index < -0.39 is 7.25 Å². The maximum absolute atomic E-state index is 12.2. The van der Waals surface area contributed by atoms with Gasteiger partial charge in [0.2, 0.25) is 12.4 Å². The van der Waals surface area contributed by atoms with E-state index in [-0.39, 0.29) is 18.4 Å². The highest BCUT2D eigenvalue weighted by atomic mass is 19.5. The lowest BCUT2D eigenvalue weighted by Gasteiger charge is -2.12. The van der Waals surface area contributed by atoms with Gasteiger partial charge >= 0.3 is 7.25 Å². The van der Waals surface area contributed by atoms with Crippen LogP contribution in [0.2, 0.25) is 0 Å². The van der Waals surface area contributed by atoms with Crippen molar-refractivity contribution in [2.24, 2.45) is 0 Å². The number of carbonyl (C=O) groups is 2. The van der Waals surface area contributed by atoms with Gasteiger partial charge in [-0.2, -0.15) is 0 Å². The Balaban J connectivity index is 0.000000399. The number of pyridine rings is 1. The summed E-state index contributed by atoms with van der Waals surface area (Å²) in [6.07, 6.45) is 3.46. The summed E-state index contributed by atoms with van der Waals surface area (Å²) < 4.78 is 40.5. The summed E-state index contributed by atoms with van der Waals surface area (Å²) in [5.74, 6) is -0.483. The summed E-state index contributed by atoms with van der Waals surface area (Å²) in [4.78, 5) is 30.7. The fourth-order valence-corrected chi connectivity index (χ4v) is 2.24. The van der Waals surface area contributed by atoms with Crippen molar-refractivity contribution in [1.29, 1.82) is 0 Å². The zero-order valence-corrected chi connectivity index (χ0v) is 13.0. The number of imide groups is 1. The van der Waals surface area contributed by atoms with Crippen LogP contribution in [-0.2, 0) is 6.54 Å². The smallest absolute Gasteiger partial charge is 0.418 e. The molecule has 2 aromatic rings. The van der Waals surface area contributed by atoms with E-state index in [4.69, 9.17) is 4.84 Å². The van der Waals surface area contributed by atoms with Crippen LogP contribution < -0.4 is 9.57 Å². The van der Waals surface area contributed by atoms with Crippen LogP contribution in [0, 0.1) is 0 Å². The first-order chi connectivity index (χ1) is 11.7. The second kappa shape index (κ2) is 7.33. The van der Waals surface area contributed by atoms with Crippen molar-refractivity contribution >= 4 is 19.1 Å². The summed E-state index contributed by atoms with van der Waals surface area (Å²) in [5, 5.41) is 0. The Morgan fingerprint density at radius 3 is 1.80 bits per heavy atom. The molecule has 1 aliphatic heterocycles. The first-order valence-corrected chi connectivity index (χ1v) is 7.08. The molecule has 132 valence electrons. The van der Waals surface area contributed by atoms with Gasteiger partial charge in [-0.15, -0.1) is 0 Å². The molecule has 0 bridgehead atoms. The number of carbonyl (C=O) groups excluding carboxylic acids is 2. The van der Waals surface area contributed by atoms with Crippen LogP contribution in [0.15, 0.2) is 48.8 Å². The van der Waals surface area contributed by atoms with E-state index in [2.05, 4.69) is 0 Å². The van der Waals surface area contributed by atoms with Crippen LogP contribution in [0.3, 0.4) is 0 Å². The van der Waals surface area contributed by atoms with Crippen LogP contribution in [0.25, 0.3) is 0 Å². The number of fused-ring (bicyclic) bond motifs is 1. The van der Waals surface area contributed by atoms with Crippen LogP contribution in [0.5, 0.6) is 0 Å². The van der Waals surface area contributed by atoms with Gasteiger partial charge in [-0.3, -0.25) is 19.3 Å². The van der Waals surface area contributed by atoms with E-state index >= 15 is 0 Å². The van der Waals surface area contributed by atoms with Crippen molar-refractivity contribution in [2.75, 3.05) is 7.11 Å². The Hall–Kier alpha value is -2.91. The molecule has 1 aromatic carbocycles. The molecule has 0 fully saturated rings. The molecule has 0 radical (unpaired) electrons. The summed E-state index contributed by atoms with van der Waals surface area (Å²) in [5.41, 5.74) is 1.81. The van der Waals surface area contributed by atoms with Crippen molar-refractivity contribution in [3.05, 3.63) is 65.5 Å². The van der Waals surface area contributed by atoms with Crippen molar-refractivity contribution < 1.29 is 36.4 Å². The van der Waals surface area contributed by atoms with Crippen LogP contribution in [0.1, 0.15) is 26.3 Å². The van der Waals surface area contributed by atoms with Crippen molar-refractivity contribution in [1.82, 2.24) is 4.90 Å². The Kier molecular flexibility index (Phi) is 5.40. The number of hydrogen-bond acceptors (Lipinski definition) is 3. The predicted octanol–water partition coefficient (Wildman–Crippen LogP) is 2.13. The number of aromatic nitrogens is 1. The highest BCUT2D eigenvalue weighted by Crippen LogP contribution is 2.23. The molecule has 25 heavy (non-hydrogen) atoms. The molecule has 0 unspecified atom stereocenters. The zero-order chi connectivity index (χ0) is 18.6. The monoisotopic (exact) mass is 356 g/mol. The molecule has 0 N–H and O–H groups in total. The van der Waals surface area contributed by atoms with Gasteiger partial charge in [-0.05, 0) is 17.7 Å². The molecule has 0 aliphatic carbocycles. The third kappa shape index (κ3) is 4.78. The lowest BCUT2D eigenvalue weighted by molar-refractivity contribution is -0.885. The molecule has 10 heteroatoms. The third-order valence-electron chi connectivity index (χ3n) is 3.30. The largest absolute Gasteiger partial charge is 0.673 e. The van der Waals surface area contributed by atoms with Crippen LogP contribution in [0.4, 0.5) is 17.3 Å². The van der Waals surface area contributed by atoms with Crippen molar-refractivity contribution in [3.8, 4) is 0 Å². The number of amides is 2. The molecule has 2 heterocycles. The quantitative estimate of drug-likeness (QED) is 0.367. The second-order valence-corrected chi connectivity index (χ2v) is 4.99. The van der Waals surface area contributed by atoms with Gasteiger partial charge in [0.05, 0.1) is 17.7 Å². The number of hydrogen-bond donors (Lipinski definition) is 0. The molecule has 5 nitrogen and oxygen atoms in total. The molecule has 2 amide bonds. The number of halogens is 4. The average molecular weight is 356 g/mol. The zero-order valence-electron chi connectivity index (χ0n) is 13.0. The lowest BCUT2D eigenvalue weighted by atomic mass is 10.1. The van der Waals surface area contributed by atoms with Gasteiger partial charge in [0.25, 0.3) is 11.8 Å². The number of rotatable bonds is 3. The predicted molar refractivity (Wildman–Crippen MR) is 80.0 cm³/mol. The Labute approximate surface area is 140 Å². The van der Waals surface area contributed by atoms with E-state index in [1.165, 1.54) is 9.63 Å². The highest BCUT2D eigenvalue weighted by molar-refractivity contribution is 6.50. The highest BCUT2D eigenvalue weighted by Gasteiger charge is 2.35. The van der Waals surface area contributed by atoms with Crippen LogP contribution >= 0.6 is 0 Å². The summed E-state index contributed by atoms with van der Waals surface area (Å²) in [6.45, 7) is 0.261. The molecule has 0 saturated heterocycles. The lowest BCUT2D eigenvalue weighted by Crippen LogP contribution is -2.39. The van der Waals surface area contributed by atoms with Gasteiger partial charge in [-0.25, -0.2) is 0 Å². The Morgan fingerprint density at radius 2 is 1.40 bits per heavy atom. The molecule has 1 aliphatic rings. The normalized spacial score (nSPS) is 13.2. The Morgan fingerprint density at radius 1 is 0.960 bits per heavy atom. The topological polar surface area (TPSA) is 50.5 Å². The summed E-state index contributed by atoms with van der Waals surface area (Å²) in [6, 6.07) is 10.5. The summed E-state index contributed by atoms with van der Waals surface area (Å²) >= 11 is 0. The fourth-order valence-electron chi connectivity index (χ4n) is 2.24. The fraction of sp³-hybridized carbons (Fsp3) is 0.133. The molecule has 0 atom stereocenters. The molecule has 0 spiro atoms. The van der Waals surface area contributed by atoms with Gasteiger partial charge in [0.1, 0.15) is 7.11 Å². The van der Waals surface area contributed by atoms with Crippen LogP contribution in [-0.4, -0.2) is 31.1 Å². The molecule has 0 saturated carbocycles. The standard InChI is InChI=1S/C15H13N2O3.BF4/c1-20-16-8-6-11(7-9-16)10-17-14(18)12-4-2-3-5-13(12)15(17)19;2-1(3,4)5/h2-9H,10H2,1H3;/q+1;-1. The first-order valence-electron chi connectivity index (χ1n) is 7.08. The van der Waals surface area contributed by atoms with Gasteiger partial charge in [0, 0.05) is 16.9 Å². The molecule has 3 rings (SSSR count). The number of benzene rings is 1. The maximum Gasteiger partial charge on any atom is 0.673 e. The summed E-state index contributed by atoms with van der Waals surface area (Å²) in [7, 11) is -4.44. The van der Waals surface area contributed by atoms with Gasteiger partial charge in [0.15, 0.2) is 0 Å². The SMILES string of the molecule is CO[n+]1ccc(CN2C(=O)c3ccccc3C2=O)cc1.F[B-](F)(F)F. The first kappa shape index (κ1) is 18.4. The molecular weight excluding hydrogens is 343 g/mol. The third-order valence-corrected chi connectivity index (χ3v) is 3.30. The van der Waals surface area contributed by atoms with E-state index in [0.717, 1.165) is 5.56 Å². The van der Waals surface area contributed by atoms with Gasteiger partial charge < -0.3 is 17.3 Å². The van der Waals surface area contributed by atoms with Crippen molar-refractivity contribution in [3.63, 3.8) is 0 Å². The van der Waals surface area contributed by atoms with Gasteiger partial charge in [-0.1, -0.05) is 12.1 Å². The minimum absolute atomic E-state index is 0.242. The van der Waals surface area contributed by atoms with E-state index in [1.807, 2.05) is 12.1 Å². The number of nitrogens with zero attached hydrogens (tertiary/aromatic N) is 2. The molecule has 1 aromatic heterocycles. The minimum Gasteiger partial charge on any atom is -0.418 e. The van der Waals surface area contributed by atoms with E-state index in [1.54, 1.807) is 43.8 Å². The Bertz CT molecular complexity index is 740. The minimum atomic E-state index is -6.00. The van der Waals surface area contributed by atoms with E-state index in [0.29, 0.717) is 11.1 Å². The van der Waals surface area contributed by atoms with E-state index in [9.17, 15) is 26.9 Å². The van der Waals surface area contributed by atoms with Crippen molar-refractivity contribution in [2.45, 2.75) is 6.54 Å². The average Bonchev–Trinajstić information content (AvgIpc) is 2.80. The molecular formula is C15H13BF4N2O3. The second-order valence-electron chi connectivity index (χ2n) is 4.99. The maximum atomic E-state index is 12.2.